The zero-order valence-corrected chi connectivity index (χ0v) is 20.1. The maximum atomic E-state index is 13.2. The van der Waals surface area contributed by atoms with Crippen LogP contribution in [0.25, 0.3) is 11.6 Å². The van der Waals surface area contributed by atoms with Gasteiger partial charge in [-0.15, -0.1) is 6.58 Å². The van der Waals surface area contributed by atoms with E-state index in [1.807, 2.05) is 80.6 Å². The van der Waals surface area contributed by atoms with Crippen molar-refractivity contribution in [3.63, 3.8) is 0 Å². The number of carbonyl (C=O) groups excluding carboxylic acids is 1. The molecule has 0 aliphatic carbocycles. The van der Waals surface area contributed by atoms with E-state index in [0.29, 0.717) is 42.2 Å². The van der Waals surface area contributed by atoms with Crippen molar-refractivity contribution in [2.24, 2.45) is 0 Å². The summed E-state index contributed by atoms with van der Waals surface area (Å²) in [6, 6.07) is 21.4. The first-order chi connectivity index (χ1) is 17.1. The van der Waals surface area contributed by atoms with Crippen LogP contribution in [0.1, 0.15) is 41.7 Å². The van der Waals surface area contributed by atoms with Crippen molar-refractivity contribution in [2.45, 2.75) is 26.9 Å². The number of hydrogen-bond acceptors (Lipinski definition) is 4. The first kappa shape index (κ1) is 23.8. The number of fused-ring (bicyclic) bond motifs is 1. The number of hydrogen-bond donors (Lipinski definition) is 0. The Morgan fingerprint density at radius 1 is 1.03 bits per heavy atom. The molecule has 1 amide bonds. The number of likely N-dealkylation sites (N-methyl/N-ethyl adjacent to an activating group) is 1. The van der Waals surface area contributed by atoms with Gasteiger partial charge in [-0.2, -0.15) is 5.26 Å². The molecule has 4 rings (SSSR count). The number of nitriles is 1. The third-order valence-electron chi connectivity index (χ3n) is 5.92. The second-order valence-corrected chi connectivity index (χ2v) is 8.12. The maximum absolute atomic E-state index is 13.2. The number of nitrogens with zero attached hydrogens (tertiary/aromatic N) is 2. The van der Waals surface area contributed by atoms with Gasteiger partial charge in [-0.1, -0.05) is 42.5 Å². The van der Waals surface area contributed by atoms with Gasteiger partial charge in [0.1, 0.15) is 6.61 Å². The highest BCUT2D eigenvalue weighted by Crippen LogP contribution is 2.40. The van der Waals surface area contributed by atoms with Crippen molar-refractivity contribution in [2.75, 3.05) is 18.1 Å². The molecule has 0 saturated heterocycles. The van der Waals surface area contributed by atoms with Gasteiger partial charge in [-0.05, 0) is 56.2 Å². The molecule has 176 valence electrons. The van der Waals surface area contributed by atoms with Crippen LogP contribution in [-0.4, -0.2) is 19.1 Å². The quantitative estimate of drug-likeness (QED) is 0.281. The molecule has 0 N–H and O–H groups in total. The number of ether oxygens (including phenoxy) is 2. The van der Waals surface area contributed by atoms with Crippen molar-refractivity contribution in [1.82, 2.24) is 0 Å². The van der Waals surface area contributed by atoms with Gasteiger partial charge in [0, 0.05) is 28.8 Å². The van der Waals surface area contributed by atoms with Crippen LogP contribution in [0.3, 0.4) is 0 Å². The molecule has 35 heavy (non-hydrogen) atoms. The minimum atomic E-state index is -0.00892. The first-order valence-corrected chi connectivity index (χ1v) is 11.8. The van der Waals surface area contributed by atoms with E-state index in [2.05, 4.69) is 12.6 Å². The summed E-state index contributed by atoms with van der Waals surface area (Å²) in [5.74, 6) is 1.21. The number of carbonyl (C=O) groups is 1. The van der Waals surface area contributed by atoms with E-state index in [0.717, 1.165) is 27.9 Å². The van der Waals surface area contributed by atoms with Crippen molar-refractivity contribution in [3.05, 3.63) is 101 Å². The van der Waals surface area contributed by atoms with Crippen molar-refractivity contribution >= 4 is 23.2 Å². The van der Waals surface area contributed by atoms with Crippen LogP contribution in [0.15, 0.2) is 73.3 Å². The summed E-state index contributed by atoms with van der Waals surface area (Å²) in [6.07, 6.45) is 4.30. The van der Waals surface area contributed by atoms with Crippen molar-refractivity contribution in [3.8, 4) is 17.6 Å². The lowest BCUT2D eigenvalue weighted by atomic mass is 10.0. The molecule has 5 nitrogen and oxygen atoms in total. The van der Waals surface area contributed by atoms with Crippen LogP contribution in [0, 0.1) is 11.3 Å². The predicted octanol–water partition coefficient (Wildman–Crippen LogP) is 6.17. The van der Waals surface area contributed by atoms with Gasteiger partial charge in [-0.3, -0.25) is 4.79 Å². The lowest BCUT2D eigenvalue weighted by molar-refractivity contribution is -0.112. The van der Waals surface area contributed by atoms with Gasteiger partial charge >= 0.3 is 0 Å². The fourth-order valence-electron chi connectivity index (χ4n) is 4.33. The minimum absolute atomic E-state index is 0.00892. The van der Waals surface area contributed by atoms with Crippen molar-refractivity contribution in [1.29, 1.82) is 5.26 Å². The first-order valence-electron chi connectivity index (χ1n) is 11.8. The zero-order valence-electron chi connectivity index (χ0n) is 20.1. The summed E-state index contributed by atoms with van der Waals surface area (Å²) in [6.45, 7) is 9.11. The van der Waals surface area contributed by atoms with Gasteiger partial charge < -0.3 is 14.4 Å². The Balaban J connectivity index is 1.76. The predicted molar refractivity (Wildman–Crippen MR) is 139 cm³/mol. The molecule has 0 atom stereocenters. The second-order valence-electron chi connectivity index (χ2n) is 8.12. The van der Waals surface area contributed by atoms with Gasteiger partial charge in [-0.25, -0.2) is 0 Å². The highest BCUT2D eigenvalue weighted by Gasteiger charge is 2.30. The number of rotatable bonds is 9. The van der Waals surface area contributed by atoms with Gasteiger partial charge in [0.25, 0.3) is 5.91 Å². The molecule has 1 aliphatic rings. The largest absolute Gasteiger partial charge is 0.490 e. The van der Waals surface area contributed by atoms with Crippen LogP contribution in [0.2, 0.25) is 0 Å². The third-order valence-corrected chi connectivity index (χ3v) is 5.92. The molecule has 0 unspecified atom stereocenters. The Hall–Kier alpha value is -4.30. The Labute approximate surface area is 206 Å². The zero-order chi connectivity index (χ0) is 24.8. The topological polar surface area (TPSA) is 62.6 Å². The van der Waals surface area contributed by atoms with E-state index >= 15 is 0 Å². The summed E-state index contributed by atoms with van der Waals surface area (Å²) in [5, 5.41) is 9.41. The summed E-state index contributed by atoms with van der Waals surface area (Å²) in [7, 11) is 0. The maximum Gasteiger partial charge on any atom is 0.258 e. The van der Waals surface area contributed by atoms with Crippen LogP contribution in [-0.2, 0) is 17.8 Å². The van der Waals surface area contributed by atoms with E-state index in [9.17, 15) is 10.1 Å². The van der Waals surface area contributed by atoms with E-state index in [1.165, 1.54) is 0 Å². The molecular weight excluding hydrogens is 436 g/mol. The fourth-order valence-corrected chi connectivity index (χ4v) is 4.33. The van der Waals surface area contributed by atoms with Crippen LogP contribution < -0.4 is 14.4 Å². The van der Waals surface area contributed by atoms with Crippen LogP contribution in [0.5, 0.6) is 11.5 Å². The average molecular weight is 465 g/mol. The highest BCUT2D eigenvalue weighted by molar-refractivity contribution is 6.35. The molecule has 1 heterocycles. The molecule has 0 bridgehead atoms. The normalized spacial score (nSPS) is 13.5. The summed E-state index contributed by atoms with van der Waals surface area (Å²) in [5.41, 5.74) is 5.65. The third kappa shape index (κ3) is 4.83. The molecular formula is C30H28N2O3. The molecule has 0 radical (unpaired) electrons. The van der Waals surface area contributed by atoms with Gasteiger partial charge in [0.2, 0.25) is 0 Å². The highest BCUT2D eigenvalue weighted by atomic mass is 16.5. The number of benzene rings is 3. The van der Waals surface area contributed by atoms with Gasteiger partial charge in [0.05, 0.1) is 23.9 Å². The standard InChI is InChI=1S/C30H28N2O3/c1-4-11-22-16-21(17-26-25-14-9-10-15-27(25)32(5-2)30(26)33)18-28(34-6-3)29(22)35-20-24-13-8-7-12-23(24)19-31/h4,7-10,12-18H,1,5-6,11,20H2,2-3H3/b26-17-. The molecule has 0 aromatic heterocycles. The number of para-hydroxylation sites is 1. The second kappa shape index (κ2) is 10.8. The molecule has 0 spiro atoms. The summed E-state index contributed by atoms with van der Waals surface area (Å²) < 4.78 is 12.2. The number of anilines is 1. The van der Waals surface area contributed by atoms with E-state index < -0.39 is 0 Å². The van der Waals surface area contributed by atoms with Crippen LogP contribution in [0.4, 0.5) is 5.69 Å². The summed E-state index contributed by atoms with van der Waals surface area (Å²) >= 11 is 0. The SMILES string of the molecule is C=CCc1cc(/C=C2\C(=O)N(CC)c3ccccc32)cc(OCC)c1OCc1ccccc1C#N. The Bertz CT molecular complexity index is 1330. The molecule has 0 saturated carbocycles. The molecule has 0 fully saturated rings. The smallest absolute Gasteiger partial charge is 0.258 e. The Kier molecular flexibility index (Phi) is 7.32. The van der Waals surface area contributed by atoms with E-state index in [4.69, 9.17) is 9.47 Å². The Morgan fingerprint density at radius 2 is 1.80 bits per heavy atom. The monoisotopic (exact) mass is 464 g/mol. The fraction of sp³-hybridized carbons (Fsp3) is 0.200. The van der Waals surface area contributed by atoms with E-state index in [1.54, 1.807) is 11.0 Å². The van der Waals surface area contributed by atoms with E-state index in [-0.39, 0.29) is 12.5 Å². The minimum Gasteiger partial charge on any atom is -0.490 e. The lowest BCUT2D eigenvalue weighted by Gasteiger charge is -2.17. The molecule has 5 heteroatoms. The van der Waals surface area contributed by atoms with Crippen LogP contribution >= 0.6 is 0 Å². The van der Waals surface area contributed by atoms with Gasteiger partial charge in [0.15, 0.2) is 11.5 Å². The molecule has 3 aromatic carbocycles. The number of allylic oxidation sites excluding steroid dienone is 1. The van der Waals surface area contributed by atoms with Crippen molar-refractivity contribution < 1.29 is 14.3 Å². The molecule has 3 aromatic rings. The molecule has 1 aliphatic heterocycles. The average Bonchev–Trinajstić information content (AvgIpc) is 3.14. The lowest BCUT2D eigenvalue weighted by Crippen LogP contribution is -2.25. The summed E-state index contributed by atoms with van der Waals surface area (Å²) in [4.78, 5) is 15.0. The number of amides is 1. The Morgan fingerprint density at radius 3 is 2.54 bits per heavy atom.